The average molecular weight is 180 g/mol. The van der Waals surface area contributed by atoms with Crippen molar-refractivity contribution < 1.29 is 0 Å². The maximum atomic E-state index is 5.74. The Morgan fingerprint density at radius 1 is 1.62 bits per heavy atom. The van der Waals surface area contributed by atoms with Crippen LogP contribution in [0.2, 0.25) is 0 Å². The van der Waals surface area contributed by atoms with Crippen molar-refractivity contribution in [3.63, 3.8) is 0 Å². The van der Waals surface area contributed by atoms with Crippen molar-refractivity contribution in [1.82, 2.24) is 9.97 Å². The molecule has 4 heteroatoms. The number of anilines is 1. The third-order valence-electron chi connectivity index (χ3n) is 1.84. The van der Waals surface area contributed by atoms with E-state index < -0.39 is 0 Å². The van der Waals surface area contributed by atoms with Gasteiger partial charge in [-0.3, -0.25) is 0 Å². The second-order valence-corrected chi connectivity index (χ2v) is 3.07. The Kier molecular flexibility index (Phi) is 3.64. The normalized spacial score (nSPS) is 12.5. The molecule has 1 unspecified atom stereocenters. The molecule has 1 heterocycles. The SMILES string of the molecule is CCC(N)CNc1nccc(C)n1. The Morgan fingerprint density at radius 3 is 3.00 bits per heavy atom. The molecule has 1 aromatic heterocycles. The van der Waals surface area contributed by atoms with Gasteiger partial charge in [0.15, 0.2) is 0 Å². The fourth-order valence-electron chi connectivity index (χ4n) is 0.901. The van der Waals surface area contributed by atoms with E-state index in [2.05, 4.69) is 22.2 Å². The molecule has 72 valence electrons. The van der Waals surface area contributed by atoms with Crippen LogP contribution < -0.4 is 11.1 Å². The molecule has 0 aromatic carbocycles. The Balaban J connectivity index is 2.45. The Hall–Kier alpha value is -1.16. The molecule has 0 bridgehead atoms. The number of nitrogens with two attached hydrogens (primary N) is 1. The molecule has 0 spiro atoms. The summed E-state index contributed by atoms with van der Waals surface area (Å²) < 4.78 is 0. The second kappa shape index (κ2) is 4.77. The van der Waals surface area contributed by atoms with Crippen LogP contribution in [0.1, 0.15) is 19.0 Å². The highest BCUT2D eigenvalue weighted by atomic mass is 15.1. The predicted octanol–water partition coefficient (Wildman–Crippen LogP) is 0.934. The molecule has 0 aliphatic heterocycles. The predicted molar refractivity (Wildman–Crippen MR) is 53.5 cm³/mol. The van der Waals surface area contributed by atoms with Crippen LogP contribution in [0.5, 0.6) is 0 Å². The van der Waals surface area contributed by atoms with Crippen LogP contribution in [0.4, 0.5) is 5.95 Å². The first-order chi connectivity index (χ1) is 6.22. The molecule has 4 nitrogen and oxygen atoms in total. The highest BCUT2D eigenvalue weighted by Gasteiger charge is 1.99. The highest BCUT2D eigenvalue weighted by Crippen LogP contribution is 1.98. The van der Waals surface area contributed by atoms with Crippen molar-refractivity contribution in [2.75, 3.05) is 11.9 Å². The summed E-state index contributed by atoms with van der Waals surface area (Å²) in [6.07, 6.45) is 2.70. The Morgan fingerprint density at radius 2 is 2.38 bits per heavy atom. The van der Waals surface area contributed by atoms with Gasteiger partial charge in [0.1, 0.15) is 0 Å². The van der Waals surface area contributed by atoms with E-state index in [-0.39, 0.29) is 6.04 Å². The summed E-state index contributed by atoms with van der Waals surface area (Å²) in [5, 5.41) is 3.09. The van der Waals surface area contributed by atoms with Gasteiger partial charge < -0.3 is 11.1 Å². The largest absolute Gasteiger partial charge is 0.353 e. The molecule has 0 saturated carbocycles. The van der Waals surface area contributed by atoms with E-state index in [1.54, 1.807) is 6.20 Å². The molecular formula is C9H16N4. The van der Waals surface area contributed by atoms with Crippen molar-refractivity contribution in [3.05, 3.63) is 18.0 Å². The standard InChI is InChI=1S/C9H16N4/c1-3-8(10)6-12-9-11-5-4-7(2)13-9/h4-5,8H,3,6,10H2,1-2H3,(H,11,12,13). The van der Waals surface area contributed by atoms with Crippen LogP contribution in [0.3, 0.4) is 0 Å². The van der Waals surface area contributed by atoms with E-state index in [0.29, 0.717) is 5.95 Å². The molecule has 0 aliphatic carbocycles. The third kappa shape index (κ3) is 3.38. The topological polar surface area (TPSA) is 63.8 Å². The number of aryl methyl sites for hydroxylation is 1. The van der Waals surface area contributed by atoms with E-state index in [4.69, 9.17) is 5.73 Å². The summed E-state index contributed by atoms with van der Waals surface area (Å²) in [4.78, 5) is 8.27. The van der Waals surface area contributed by atoms with Gasteiger partial charge in [0.2, 0.25) is 5.95 Å². The van der Waals surface area contributed by atoms with Crippen molar-refractivity contribution in [2.45, 2.75) is 26.3 Å². The molecule has 0 saturated heterocycles. The zero-order valence-corrected chi connectivity index (χ0v) is 8.12. The van der Waals surface area contributed by atoms with Gasteiger partial charge in [0, 0.05) is 24.5 Å². The summed E-state index contributed by atoms with van der Waals surface area (Å²) in [5.41, 5.74) is 6.70. The van der Waals surface area contributed by atoms with Gasteiger partial charge in [-0.05, 0) is 19.4 Å². The van der Waals surface area contributed by atoms with E-state index in [9.17, 15) is 0 Å². The number of aromatic nitrogens is 2. The molecular weight excluding hydrogens is 164 g/mol. The van der Waals surface area contributed by atoms with Crippen LogP contribution in [0.25, 0.3) is 0 Å². The molecule has 1 rings (SSSR count). The lowest BCUT2D eigenvalue weighted by Crippen LogP contribution is -2.28. The van der Waals surface area contributed by atoms with Gasteiger partial charge in [-0.15, -0.1) is 0 Å². The van der Waals surface area contributed by atoms with Crippen LogP contribution in [-0.2, 0) is 0 Å². The van der Waals surface area contributed by atoms with E-state index in [1.807, 2.05) is 13.0 Å². The number of nitrogens with one attached hydrogen (secondary N) is 1. The smallest absolute Gasteiger partial charge is 0.222 e. The molecule has 0 aliphatic rings. The Bertz CT molecular complexity index is 262. The van der Waals surface area contributed by atoms with Crippen LogP contribution in [0, 0.1) is 6.92 Å². The zero-order chi connectivity index (χ0) is 9.68. The molecule has 1 aromatic rings. The van der Waals surface area contributed by atoms with Gasteiger partial charge >= 0.3 is 0 Å². The van der Waals surface area contributed by atoms with E-state index >= 15 is 0 Å². The van der Waals surface area contributed by atoms with Crippen LogP contribution in [0.15, 0.2) is 12.3 Å². The number of hydrogen-bond acceptors (Lipinski definition) is 4. The quantitative estimate of drug-likeness (QED) is 0.723. The minimum atomic E-state index is 0.170. The lowest BCUT2D eigenvalue weighted by atomic mass is 10.2. The lowest BCUT2D eigenvalue weighted by Gasteiger charge is -2.09. The van der Waals surface area contributed by atoms with Crippen molar-refractivity contribution in [1.29, 1.82) is 0 Å². The van der Waals surface area contributed by atoms with Gasteiger partial charge in [-0.2, -0.15) is 0 Å². The first kappa shape index (κ1) is 9.92. The van der Waals surface area contributed by atoms with Gasteiger partial charge in [-0.25, -0.2) is 9.97 Å². The number of rotatable bonds is 4. The minimum Gasteiger partial charge on any atom is -0.353 e. The summed E-state index contributed by atoms with van der Waals surface area (Å²) in [7, 11) is 0. The number of hydrogen-bond donors (Lipinski definition) is 2. The second-order valence-electron chi connectivity index (χ2n) is 3.07. The Labute approximate surface area is 78.6 Å². The fraction of sp³-hybridized carbons (Fsp3) is 0.556. The average Bonchev–Trinajstić information content (AvgIpc) is 2.14. The van der Waals surface area contributed by atoms with E-state index in [0.717, 1.165) is 18.7 Å². The molecule has 0 fully saturated rings. The molecule has 1 atom stereocenters. The van der Waals surface area contributed by atoms with Crippen molar-refractivity contribution in [3.8, 4) is 0 Å². The molecule has 0 amide bonds. The summed E-state index contributed by atoms with van der Waals surface area (Å²) >= 11 is 0. The van der Waals surface area contributed by atoms with Crippen LogP contribution >= 0.6 is 0 Å². The van der Waals surface area contributed by atoms with Crippen LogP contribution in [-0.4, -0.2) is 22.6 Å². The molecule has 0 radical (unpaired) electrons. The first-order valence-electron chi connectivity index (χ1n) is 4.51. The fourth-order valence-corrected chi connectivity index (χ4v) is 0.901. The maximum Gasteiger partial charge on any atom is 0.222 e. The number of nitrogens with zero attached hydrogens (tertiary/aromatic N) is 2. The summed E-state index contributed by atoms with van der Waals surface area (Å²) in [6, 6.07) is 2.04. The van der Waals surface area contributed by atoms with E-state index in [1.165, 1.54) is 0 Å². The van der Waals surface area contributed by atoms with Crippen molar-refractivity contribution in [2.24, 2.45) is 5.73 Å². The zero-order valence-electron chi connectivity index (χ0n) is 8.12. The molecule has 13 heavy (non-hydrogen) atoms. The third-order valence-corrected chi connectivity index (χ3v) is 1.84. The minimum absolute atomic E-state index is 0.170. The molecule has 3 N–H and O–H groups in total. The maximum absolute atomic E-state index is 5.74. The van der Waals surface area contributed by atoms with Crippen molar-refractivity contribution >= 4 is 5.95 Å². The van der Waals surface area contributed by atoms with Gasteiger partial charge in [0.05, 0.1) is 0 Å². The van der Waals surface area contributed by atoms with Gasteiger partial charge in [0.25, 0.3) is 0 Å². The highest BCUT2D eigenvalue weighted by molar-refractivity contribution is 5.24. The van der Waals surface area contributed by atoms with Gasteiger partial charge in [-0.1, -0.05) is 6.92 Å². The summed E-state index contributed by atoms with van der Waals surface area (Å²) in [6.45, 7) is 4.72. The first-order valence-corrected chi connectivity index (χ1v) is 4.51. The monoisotopic (exact) mass is 180 g/mol. The summed E-state index contributed by atoms with van der Waals surface area (Å²) in [5.74, 6) is 0.656. The lowest BCUT2D eigenvalue weighted by molar-refractivity contribution is 0.676.